The molecule has 3 aromatic rings. The molecule has 0 bridgehead atoms. The molecule has 0 spiro atoms. The van der Waals surface area contributed by atoms with Gasteiger partial charge in [-0.15, -0.1) is 0 Å². The van der Waals surface area contributed by atoms with Gasteiger partial charge in [0.25, 0.3) is 10.2 Å². The normalized spacial score (nSPS) is 11.6. The van der Waals surface area contributed by atoms with Crippen LogP contribution in [0.2, 0.25) is 0 Å². The summed E-state index contributed by atoms with van der Waals surface area (Å²) in [6, 6.07) is 6.33. The van der Waals surface area contributed by atoms with Crippen molar-refractivity contribution in [1.29, 1.82) is 0 Å². The smallest absolute Gasteiger partial charge is 0.296 e. The summed E-state index contributed by atoms with van der Waals surface area (Å²) in [6.07, 6.45) is 1.42. The Morgan fingerprint density at radius 1 is 1.12 bits per heavy atom. The standard InChI is InChI=1S/C14H11F2N5O2S/c15-9-2-4-11(21-24(18,22)23)13(16)12(9)7-1-3-10-8(5-7)6-19-14(17)20-10/h1-6,21H,(H2,17,19,20)(H2,18,22,23). The second-order valence-corrected chi connectivity index (χ2v) is 6.23. The monoisotopic (exact) mass is 351 g/mol. The molecular weight excluding hydrogens is 340 g/mol. The first-order chi connectivity index (χ1) is 11.2. The quantitative estimate of drug-likeness (QED) is 0.663. The Hall–Kier alpha value is -2.85. The number of nitrogens with one attached hydrogen (secondary N) is 1. The van der Waals surface area contributed by atoms with E-state index in [2.05, 4.69) is 9.97 Å². The third kappa shape index (κ3) is 3.09. The molecule has 124 valence electrons. The molecule has 0 saturated carbocycles. The van der Waals surface area contributed by atoms with Gasteiger partial charge in [0, 0.05) is 11.6 Å². The van der Waals surface area contributed by atoms with Crippen LogP contribution in [0, 0.1) is 11.6 Å². The fourth-order valence-electron chi connectivity index (χ4n) is 2.25. The van der Waals surface area contributed by atoms with Crippen LogP contribution in [0.1, 0.15) is 0 Å². The summed E-state index contributed by atoms with van der Waals surface area (Å²) in [4.78, 5) is 7.82. The number of halogens is 2. The highest BCUT2D eigenvalue weighted by molar-refractivity contribution is 7.90. The van der Waals surface area contributed by atoms with Gasteiger partial charge < -0.3 is 5.73 Å². The molecule has 1 heterocycles. The molecule has 7 nitrogen and oxygen atoms in total. The largest absolute Gasteiger partial charge is 0.368 e. The highest BCUT2D eigenvalue weighted by Crippen LogP contribution is 2.32. The fourth-order valence-corrected chi connectivity index (χ4v) is 2.72. The van der Waals surface area contributed by atoms with Gasteiger partial charge in [0.1, 0.15) is 5.82 Å². The number of nitrogens with zero attached hydrogens (tertiary/aromatic N) is 2. The molecule has 2 aromatic carbocycles. The average molecular weight is 351 g/mol. The number of nitrogens with two attached hydrogens (primary N) is 2. The number of fused-ring (bicyclic) bond motifs is 1. The number of nitrogen functional groups attached to an aromatic ring is 1. The van der Waals surface area contributed by atoms with E-state index >= 15 is 0 Å². The predicted octanol–water partition coefficient (Wildman–Crippen LogP) is 1.77. The van der Waals surface area contributed by atoms with Gasteiger partial charge in [-0.25, -0.2) is 23.9 Å². The molecule has 0 radical (unpaired) electrons. The SMILES string of the molecule is Nc1ncc2cc(-c3c(F)ccc(NS(N)(=O)=O)c3F)ccc2n1. The molecule has 1 aromatic heterocycles. The first kappa shape index (κ1) is 16.0. The minimum Gasteiger partial charge on any atom is -0.368 e. The summed E-state index contributed by atoms with van der Waals surface area (Å²) in [6.45, 7) is 0. The fraction of sp³-hybridized carbons (Fsp3) is 0. The zero-order valence-corrected chi connectivity index (χ0v) is 12.8. The van der Waals surface area contributed by atoms with Crippen LogP contribution in [0.5, 0.6) is 0 Å². The number of rotatable bonds is 3. The third-order valence-electron chi connectivity index (χ3n) is 3.23. The molecule has 0 aliphatic rings. The van der Waals surface area contributed by atoms with Gasteiger partial charge in [-0.3, -0.25) is 4.72 Å². The molecule has 0 saturated heterocycles. The van der Waals surface area contributed by atoms with Gasteiger partial charge in [-0.1, -0.05) is 6.07 Å². The van der Waals surface area contributed by atoms with E-state index in [9.17, 15) is 17.2 Å². The molecule has 0 atom stereocenters. The molecule has 5 N–H and O–H groups in total. The summed E-state index contributed by atoms with van der Waals surface area (Å²) in [5, 5.41) is 5.34. The highest BCUT2D eigenvalue weighted by Gasteiger charge is 2.18. The van der Waals surface area contributed by atoms with E-state index in [4.69, 9.17) is 10.9 Å². The van der Waals surface area contributed by atoms with Crippen LogP contribution in [-0.4, -0.2) is 18.4 Å². The summed E-state index contributed by atoms with van der Waals surface area (Å²) in [7, 11) is -4.20. The van der Waals surface area contributed by atoms with Gasteiger partial charge in [0.2, 0.25) is 5.95 Å². The Labute approximate surface area is 135 Å². The molecule has 10 heteroatoms. The summed E-state index contributed by atoms with van der Waals surface area (Å²) < 4.78 is 52.6. The molecule has 0 fully saturated rings. The molecule has 24 heavy (non-hydrogen) atoms. The van der Waals surface area contributed by atoms with E-state index in [1.54, 1.807) is 4.72 Å². The Morgan fingerprint density at radius 3 is 2.58 bits per heavy atom. The van der Waals surface area contributed by atoms with E-state index < -0.39 is 33.1 Å². The predicted molar refractivity (Wildman–Crippen MR) is 86.0 cm³/mol. The lowest BCUT2D eigenvalue weighted by atomic mass is 10.0. The molecule has 0 unspecified atom stereocenters. The molecule has 0 aliphatic heterocycles. The van der Waals surface area contributed by atoms with Crippen molar-refractivity contribution >= 4 is 32.7 Å². The lowest BCUT2D eigenvalue weighted by molar-refractivity contribution is 0.588. The van der Waals surface area contributed by atoms with Gasteiger partial charge in [-0.2, -0.15) is 8.42 Å². The van der Waals surface area contributed by atoms with E-state index in [0.29, 0.717) is 10.9 Å². The van der Waals surface area contributed by atoms with Gasteiger partial charge >= 0.3 is 0 Å². The van der Waals surface area contributed by atoms with Crippen molar-refractivity contribution in [2.24, 2.45) is 5.14 Å². The maximum absolute atomic E-state index is 14.5. The Morgan fingerprint density at radius 2 is 1.88 bits per heavy atom. The maximum atomic E-state index is 14.5. The minimum absolute atomic E-state index is 0.0759. The summed E-state index contributed by atoms with van der Waals surface area (Å²) >= 11 is 0. The van der Waals surface area contributed by atoms with Crippen LogP contribution in [0.25, 0.3) is 22.0 Å². The van der Waals surface area contributed by atoms with Crippen molar-refractivity contribution in [2.75, 3.05) is 10.5 Å². The van der Waals surface area contributed by atoms with Crippen LogP contribution < -0.4 is 15.6 Å². The Balaban J connectivity index is 2.18. The van der Waals surface area contributed by atoms with Crippen LogP contribution in [0.4, 0.5) is 20.4 Å². The number of benzene rings is 2. The first-order valence-electron chi connectivity index (χ1n) is 6.56. The van der Waals surface area contributed by atoms with Crippen LogP contribution in [-0.2, 0) is 10.2 Å². The topological polar surface area (TPSA) is 124 Å². The van der Waals surface area contributed by atoms with Crippen molar-refractivity contribution in [3.8, 4) is 11.1 Å². The summed E-state index contributed by atoms with van der Waals surface area (Å²) in [5.74, 6) is -1.87. The van der Waals surface area contributed by atoms with Gasteiger partial charge in [-0.05, 0) is 29.8 Å². The molecule has 0 amide bonds. The summed E-state index contributed by atoms with van der Waals surface area (Å²) in [5.41, 5.74) is 5.31. The van der Waals surface area contributed by atoms with Crippen molar-refractivity contribution in [3.05, 3.63) is 48.2 Å². The molecular formula is C14H11F2N5O2S. The van der Waals surface area contributed by atoms with Crippen molar-refractivity contribution in [3.63, 3.8) is 0 Å². The van der Waals surface area contributed by atoms with E-state index in [0.717, 1.165) is 12.1 Å². The van der Waals surface area contributed by atoms with E-state index in [-0.39, 0.29) is 11.5 Å². The Bertz CT molecular complexity index is 1060. The first-order valence-corrected chi connectivity index (χ1v) is 8.10. The van der Waals surface area contributed by atoms with Gasteiger partial charge in [0.15, 0.2) is 5.82 Å². The highest BCUT2D eigenvalue weighted by atomic mass is 32.2. The second-order valence-electron chi connectivity index (χ2n) is 4.93. The zero-order valence-electron chi connectivity index (χ0n) is 12.0. The maximum Gasteiger partial charge on any atom is 0.296 e. The molecule has 0 aliphatic carbocycles. The van der Waals surface area contributed by atoms with Crippen LogP contribution >= 0.6 is 0 Å². The number of hydrogen-bond donors (Lipinski definition) is 3. The zero-order chi connectivity index (χ0) is 17.5. The molecule has 3 rings (SSSR count). The van der Waals surface area contributed by atoms with Crippen molar-refractivity contribution in [1.82, 2.24) is 9.97 Å². The van der Waals surface area contributed by atoms with Crippen molar-refractivity contribution < 1.29 is 17.2 Å². The number of aromatic nitrogens is 2. The van der Waals surface area contributed by atoms with Crippen molar-refractivity contribution in [2.45, 2.75) is 0 Å². The lowest BCUT2D eigenvalue weighted by Crippen LogP contribution is -2.22. The van der Waals surface area contributed by atoms with Crippen LogP contribution in [0.15, 0.2) is 36.5 Å². The Kier molecular flexibility index (Phi) is 3.78. The number of hydrogen-bond acceptors (Lipinski definition) is 5. The van der Waals surface area contributed by atoms with E-state index in [1.807, 2.05) is 0 Å². The van der Waals surface area contributed by atoms with Crippen LogP contribution in [0.3, 0.4) is 0 Å². The lowest BCUT2D eigenvalue weighted by Gasteiger charge is -2.11. The van der Waals surface area contributed by atoms with E-state index in [1.165, 1.54) is 24.4 Å². The third-order valence-corrected chi connectivity index (χ3v) is 3.73. The van der Waals surface area contributed by atoms with Gasteiger partial charge in [0.05, 0.1) is 16.8 Å². The average Bonchev–Trinajstić information content (AvgIpc) is 2.49. The minimum atomic E-state index is -4.20. The number of anilines is 2. The second kappa shape index (κ2) is 5.65.